The lowest BCUT2D eigenvalue weighted by atomic mass is 10.0. The number of hydrogen-bond donors (Lipinski definition) is 1. The number of carbonyl (C=O) groups is 1. The molecule has 0 aliphatic carbocycles. The number of nitrogen functional groups attached to an aromatic ring is 1. The topological polar surface area (TPSA) is 52.3 Å². The molecule has 2 aromatic rings. The van der Waals surface area contributed by atoms with Crippen LogP contribution in [0.1, 0.15) is 24.0 Å². The van der Waals surface area contributed by atoms with E-state index in [0.29, 0.717) is 12.3 Å². The van der Waals surface area contributed by atoms with Crippen LogP contribution in [0.5, 0.6) is 0 Å². The molecule has 3 nitrogen and oxygen atoms in total. The van der Waals surface area contributed by atoms with Gasteiger partial charge in [-0.25, -0.2) is 0 Å². The summed E-state index contributed by atoms with van der Waals surface area (Å²) in [5, 5.41) is 0. The molecule has 0 amide bonds. The molecular formula is C16H17NO2. The van der Waals surface area contributed by atoms with Crippen LogP contribution in [0.3, 0.4) is 0 Å². The van der Waals surface area contributed by atoms with Gasteiger partial charge in [0.25, 0.3) is 0 Å². The Morgan fingerprint density at radius 2 is 1.89 bits per heavy atom. The third-order valence-electron chi connectivity index (χ3n) is 2.99. The Kier molecular flexibility index (Phi) is 4.18. The molecule has 19 heavy (non-hydrogen) atoms. The van der Waals surface area contributed by atoms with Gasteiger partial charge in [0.15, 0.2) is 0 Å². The molecule has 98 valence electrons. The van der Waals surface area contributed by atoms with E-state index in [0.717, 1.165) is 11.1 Å². The smallest absolute Gasteiger partial charge is 0.313 e. The molecule has 0 aromatic heterocycles. The van der Waals surface area contributed by atoms with E-state index >= 15 is 0 Å². The number of ether oxygens (including phenoxy) is 1. The molecule has 2 N–H and O–H groups in total. The number of esters is 1. The molecule has 1 unspecified atom stereocenters. The van der Waals surface area contributed by atoms with Crippen molar-refractivity contribution >= 4 is 11.7 Å². The van der Waals surface area contributed by atoms with Crippen molar-refractivity contribution < 1.29 is 9.53 Å². The van der Waals surface area contributed by atoms with Gasteiger partial charge in [0.1, 0.15) is 6.61 Å². The quantitative estimate of drug-likeness (QED) is 0.674. The van der Waals surface area contributed by atoms with Crippen molar-refractivity contribution in [2.75, 3.05) is 5.73 Å². The van der Waals surface area contributed by atoms with Crippen molar-refractivity contribution in [3.8, 4) is 0 Å². The van der Waals surface area contributed by atoms with Gasteiger partial charge in [-0.05, 0) is 30.2 Å². The molecule has 1 atom stereocenters. The molecule has 0 spiro atoms. The van der Waals surface area contributed by atoms with E-state index < -0.39 is 0 Å². The Bertz CT molecular complexity index is 552. The maximum Gasteiger partial charge on any atom is 0.313 e. The molecule has 0 heterocycles. The van der Waals surface area contributed by atoms with Crippen LogP contribution in [-0.4, -0.2) is 5.97 Å². The summed E-state index contributed by atoms with van der Waals surface area (Å²) in [5.41, 5.74) is 8.22. The van der Waals surface area contributed by atoms with Crippen molar-refractivity contribution in [1.82, 2.24) is 0 Å². The predicted molar refractivity (Wildman–Crippen MR) is 75.5 cm³/mol. The van der Waals surface area contributed by atoms with Gasteiger partial charge in [0.2, 0.25) is 0 Å². The summed E-state index contributed by atoms with van der Waals surface area (Å²) in [6.07, 6.45) is 0. The fourth-order valence-corrected chi connectivity index (χ4v) is 1.82. The average molecular weight is 255 g/mol. The lowest BCUT2D eigenvalue weighted by molar-refractivity contribution is -0.146. The standard InChI is InChI=1S/C16H17NO2/c1-12(14-8-5-9-15(17)10-14)16(18)19-11-13-6-3-2-4-7-13/h2-10,12H,11,17H2,1H3. The van der Waals surface area contributed by atoms with Gasteiger partial charge in [-0.1, -0.05) is 42.5 Å². The first-order valence-corrected chi connectivity index (χ1v) is 6.23. The van der Waals surface area contributed by atoms with E-state index in [1.165, 1.54) is 0 Å². The summed E-state index contributed by atoms with van der Waals surface area (Å²) in [6, 6.07) is 16.9. The van der Waals surface area contributed by atoms with Crippen molar-refractivity contribution in [1.29, 1.82) is 0 Å². The Hall–Kier alpha value is -2.29. The molecule has 0 radical (unpaired) electrons. The number of anilines is 1. The first-order valence-electron chi connectivity index (χ1n) is 6.23. The summed E-state index contributed by atoms with van der Waals surface area (Å²) in [6.45, 7) is 2.12. The summed E-state index contributed by atoms with van der Waals surface area (Å²) in [7, 11) is 0. The minimum Gasteiger partial charge on any atom is -0.460 e. The molecule has 0 saturated carbocycles. The molecular weight excluding hydrogens is 238 g/mol. The molecule has 2 rings (SSSR count). The van der Waals surface area contributed by atoms with Crippen LogP contribution < -0.4 is 5.73 Å². The number of nitrogens with two attached hydrogens (primary N) is 1. The monoisotopic (exact) mass is 255 g/mol. The van der Waals surface area contributed by atoms with Gasteiger partial charge in [0.05, 0.1) is 5.92 Å². The van der Waals surface area contributed by atoms with Crippen LogP contribution >= 0.6 is 0 Å². The SMILES string of the molecule is CC(C(=O)OCc1ccccc1)c1cccc(N)c1. The highest BCUT2D eigenvalue weighted by atomic mass is 16.5. The Balaban J connectivity index is 1.96. The Labute approximate surface area is 113 Å². The van der Waals surface area contributed by atoms with Gasteiger partial charge < -0.3 is 10.5 Å². The van der Waals surface area contributed by atoms with Crippen LogP contribution in [-0.2, 0) is 16.1 Å². The molecule has 0 saturated heterocycles. The van der Waals surface area contributed by atoms with E-state index in [4.69, 9.17) is 10.5 Å². The lowest BCUT2D eigenvalue weighted by Crippen LogP contribution is -2.13. The number of benzene rings is 2. The first-order chi connectivity index (χ1) is 9.16. The molecule has 0 bridgehead atoms. The maximum absolute atomic E-state index is 12.0. The second kappa shape index (κ2) is 6.05. The van der Waals surface area contributed by atoms with Gasteiger partial charge in [-0.2, -0.15) is 0 Å². The molecule has 0 aliphatic heterocycles. The van der Waals surface area contributed by atoms with Gasteiger partial charge in [0, 0.05) is 5.69 Å². The van der Waals surface area contributed by atoms with Crippen LogP contribution in [0.2, 0.25) is 0 Å². The van der Waals surface area contributed by atoms with Crippen molar-refractivity contribution in [3.63, 3.8) is 0 Å². The summed E-state index contributed by atoms with van der Waals surface area (Å²) < 4.78 is 5.30. The third-order valence-corrected chi connectivity index (χ3v) is 2.99. The predicted octanol–water partition coefficient (Wildman–Crippen LogP) is 3.12. The molecule has 3 heteroatoms. The van der Waals surface area contributed by atoms with E-state index in [2.05, 4.69) is 0 Å². The average Bonchev–Trinajstić information content (AvgIpc) is 2.45. The van der Waals surface area contributed by atoms with Crippen LogP contribution in [0.25, 0.3) is 0 Å². The van der Waals surface area contributed by atoms with Crippen LogP contribution in [0, 0.1) is 0 Å². The summed E-state index contributed by atoms with van der Waals surface area (Å²) in [4.78, 5) is 12.0. The maximum atomic E-state index is 12.0. The Morgan fingerprint density at radius 3 is 2.58 bits per heavy atom. The zero-order valence-electron chi connectivity index (χ0n) is 10.9. The second-order valence-electron chi connectivity index (χ2n) is 4.49. The van der Waals surface area contributed by atoms with Crippen LogP contribution in [0.15, 0.2) is 54.6 Å². The minimum absolute atomic E-state index is 0.241. The normalized spacial score (nSPS) is 11.8. The van der Waals surface area contributed by atoms with Crippen molar-refractivity contribution in [3.05, 3.63) is 65.7 Å². The van der Waals surface area contributed by atoms with E-state index in [9.17, 15) is 4.79 Å². The molecule has 2 aromatic carbocycles. The highest BCUT2D eigenvalue weighted by molar-refractivity contribution is 5.78. The zero-order chi connectivity index (χ0) is 13.7. The molecule has 0 fully saturated rings. The van der Waals surface area contributed by atoms with E-state index in [1.54, 1.807) is 12.1 Å². The van der Waals surface area contributed by atoms with Crippen LogP contribution in [0.4, 0.5) is 5.69 Å². The van der Waals surface area contributed by atoms with E-state index in [1.807, 2.05) is 49.4 Å². The first kappa shape index (κ1) is 13.1. The zero-order valence-corrected chi connectivity index (χ0v) is 10.9. The fraction of sp³-hybridized carbons (Fsp3) is 0.188. The summed E-state index contributed by atoms with van der Waals surface area (Å²) >= 11 is 0. The van der Waals surface area contributed by atoms with Gasteiger partial charge >= 0.3 is 5.97 Å². The van der Waals surface area contributed by atoms with Crippen molar-refractivity contribution in [2.45, 2.75) is 19.4 Å². The number of rotatable bonds is 4. The third kappa shape index (κ3) is 3.58. The minimum atomic E-state index is -0.313. The fourth-order valence-electron chi connectivity index (χ4n) is 1.82. The van der Waals surface area contributed by atoms with Gasteiger partial charge in [-0.3, -0.25) is 4.79 Å². The second-order valence-corrected chi connectivity index (χ2v) is 4.49. The highest BCUT2D eigenvalue weighted by Crippen LogP contribution is 2.19. The van der Waals surface area contributed by atoms with Crippen molar-refractivity contribution in [2.24, 2.45) is 0 Å². The number of carbonyl (C=O) groups excluding carboxylic acids is 1. The highest BCUT2D eigenvalue weighted by Gasteiger charge is 2.16. The van der Waals surface area contributed by atoms with Gasteiger partial charge in [-0.15, -0.1) is 0 Å². The summed E-state index contributed by atoms with van der Waals surface area (Å²) in [5.74, 6) is -0.554. The largest absolute Gasteiger partial charge is 0.460 e. The number of hydrogen-bond acceptors (Lipinski definition) is 3. The Morgan fingerprint density at radius 1 is 1.16 bits per heavy atom. The van der Waals surface area contributed by atoms with E-state index in [-0.39, 0.29) is 11.9 Å². The lowest BCUT2D eigenvalue weighted by Gasteiger charge is -2.12. The molecule has 0 aliphatic rings.